The second-order valence-electron chi connectivity index (χ2n) is 4.10. The smallest absolute Gasteiger partial charge is 0.193 e. The number of rotatable bonds is 3. The summed E-state index contributed by atoms with van der Waals surface area (Å²) in [4.78, 5) is 5.54. The van der Waals surface area contributed by atoms with Gasteiger partial charge in [-0.3, -0.25) is 4.40 Å². The minimum absolute atomic E-state index is 0.355. The van der Waals surface area contributed by atoms with Gasteiger partial charge in [0, 0.05) is 24.3 Å². The van der Waals surface area contributed by atoms with E-state index in [0.717, 1.165) is 30.2 Å². The van der Waals surface area contributed by atoms with Gasteiger partial charge in [0.2, 0.25) is 0 Å². The molecular weight excluding hydrogens is 222 g/mol. The van der Waals surface area contributed by atoms with Crippen molar-refractivity contribution in [2.75, 3.05) is 13.1 Å². The van der Waals surface area contributed by atoms with Gasteiger partial charge < -0.3 is 10.1 Å². The van der Waals surface area contributed by atoms with Gasteiger partial charge in [-0.05, 0) is 19.4 Å². The molecular formula is C11H15N3OS. The van der Waals surface area contributed by atoms with Crippen LogP contribution in [0.3, 0.4) is 0 Å². The predicted molar refractivity (Wildman–Crippen MR) is 63.7 cm³/mol. The molecule has 0 amide bonds. The molecule has 0 bridgehead atoms. The van der Waals surface area contributed by atoms with Crippen molar-refractivity contribution in [2.45, 2.75) is 25.6 Å². The zero-order chi connectivity index (χ0) is 10.8. The van der Waals surface area contributed by atoms with Crippen LogP contribution in [0.15, 0.2) is 17.8 Å². The first-order valence-electron chi connectivity index (χ1n) is 5.65. The normalized spacial score (nSPS) is 21.6. The SMILES string of the molecule is c1cn2cc(COC3CCCNC3)nc2s1. The maximum atomic E-state index is 5.83. The molecule has 3 heterocycles. The first-order chi connectivity index (χ1) is 7.92. The number of ether oxygens (including phenoxy) is 1. The number of nitrogens with one attached hydrogen (secondary N) is 1. The van der Waals surface area contributed by atoms with E-state index in [2.05, 4.69) is 10.3 Å². The largest absolute Gasteiger partial charge is 0.371 e. The number of hydrogen-bond acceptors (Lipinski definition) is 4. The molecule has 1 atom stereocenters. The zero-order valence-corrected chi connectivity index (χ0v) is 9.87. The van der Waals surface area contributed by atoms with Crippen molar-refractivity contribution in [1.82, 2.24) is 14.7 Å². The topological polar surface area (TPSA) is 38.6 Å². The van der Waals surface area contributed by atoms with E-state index in [1.54, 1.807) is 11.3 Å². The van der Waals surface area contributed by atoms with Gasteiger partial charge in [0.1, 0.15) is 0 Å². The van der Waals surface area contributed by atoms with Crippen LogP contribution >= 0.6 is 11.3 Å². The Labute approximate surface area is 98.3 Å². The van der Waals surface area contributed by atoms with Crippen LogP contribution in [-0.2, 0) is 11.3 Å². The second-order valence-corrected chi connectivity index (χ2v) is 4.98. The summed E-state index contributed by atoms with van der Waals surface area (Å²) >= 11 is 1.65. The third-order valence-corrected chi connectivity index (χ3v) is 3.63. The summed E-state index contributed by atoms with van der Waals surface area (Å²) in [7, 11) is 0. The molecule has 5 heteroatoms. The highest BCUT2D eigenvalue weighted by molar-refractivity contribution is 7.15. The van der Waals surface area contributed by atoms with E-state index in [1.165, 1.54) is 6.42 Å². The maximum absolute atomic E-state index is 5.83. The number of fused-ring (bicyclic) bond motifs is 1. The second kappa shape index (κ2) is 4.53. The van der Waals surface area contributed by atoms with Crippen molar-refractivity contribution < 1.29 is 4.74 Å². The summed E-state index contributed by atoms with van der Waals surface area (Å²) in [6.07, 6.45) is 6.80. The molecule has 0 aromatic carbocycles. The maximum Gasteiger partial charge on any atom is 0.193 e. The third kappa shape index (κ3) is 2.11. The van der Waals surface area contributed by atoms with Crippen molar-refractivity contribution in [1.29, 1.82) is 0 Å². The number of piperidine rings is 1. The average Bonchev–Trinajstić information content (AvgIpc) is 2.88. The van der Waals surface area contributed by atoms with Crippen molar-refractivity contribution in [2.24, 2.45) is 0 Å². The zero-order valence-electron chi connectivity index (χ0n) is 9.06. The summed E-state index contributed by atoms with van der Waals surface area (Å²) < 4.78 is 7.88. The molecule has 1 unspecified atom stereocenters. The lowest BCUT2D eigenvalue weighted by molar-refractivity contribution is 0.0238. The van der Waals surface area contributed by atoms with Crippen molar-refractivity contribution in [3.63, 3.8) is 0 Å². The summed E-state index contributed by atoms with van der Waals surface area (Å²) in [5.41, 5.74) is 1.03. The van der Waals surface area contributed by atoms with E-state index in [9.17, 15) is 0 Å². The summed E-state index contributed by atoms with van der Waals surface area (Å²) in [6.45, 7) is 2.73. The minimum Gasteiger partial charge on any atom is -0.371 e. The van der Waals surface area contributed by atoms with Crippen LogP contribution in [0.25, 0.3) is 4.96 Å². The monoisotopic (exact) mass is 237 g/mol. The molecule has 0 spiro atoms. The van der Waals surface area contributed by atoms with E-state index < -0.39 is 0 Å². The Bertz CT molecular complexity index is 430. The van der Waals surface area contributed by atoms with E-state index in [0.29, 0.717) is 12.7 Å². The molecule has 0 saturated carbocycles. The Balaban J connectivity index is 1.59. The molecule has 86 valence electrons. The Kier molecular flexibility index (Phi) is 2.90. The van der Waals surface area contributed by atoms with Crippen LogP contribution in [0.1, 0.15) is 18.5 Å². The molecule has 1 aliphatic rings. The van der Waals surface area contributed by atoms with Crippen molar-refractivity contribution >= 4 is 16.3 Å². The van der Waals surface area contributed by atoms with Gasteiger partial charge in [0.05, 0.1) is 18.4 Å². The Morgan fingerprint density at radius 3 is 3.44 bits per heavy atom. The molecule has 1 aliphatic heterocycles. The van der Waals surface area contributed by atoms with Gasteiger partial charge in [-0.2, -0.15) is 0 Å². The van der Waals surface area contributed by atoms with Crippen LogP contribution in [0, 0.1) is 0 Å². The molecule has 1 N–H and O–H groups in total. The molecule has 2 aromatic heterocycles. The standard InChI is InChI=1S/C11H15N3OS/c1-2-10(6-12-3-1)15-8-9-7-14-4-5-16-11(14)13-9/h4-5,7,10,12H,1-3,6,8H2. The molecule has 3 rings (SSSR count). The molecule has 4 nitrogen and oxygen atoms in total. The number of hydrogen-bond donors (Lipinski definition) is 1. The van der Waals surface area contributed by atoms with E-state index in [1.807, 2.05) is 22.2 Å². The third-order valence-electron chi connectivity index (χ3n) is 2.86. The van der Waals surface area contributed by atoms with Gasteiger partial charge >= 0.3 is 0 Å². The minimum atomic E-state index is 0.355. The van der Waals surface area contributed by atoms with Crippen LogP contribution in [-0.4, -0.2) is 28.6 Å². The summed E-state index contributed by atoms with van der Waals surface area (Å²) in [6, 6.07) is 0. The van der Waals surface area contributed by atoms with Gasteiger partial charge in [-0.1, -0.05) is 0 Å². The number of nitrogens with zero attached hydrogens (tertiary/aromatic N) is 2. The number of aromatic nitrogens is 2. The number of imidazole rings is 1. The lowest BCUT2D eigenvalue weighted by Gasteiger charge is -2.22. The van der Waals surface area contributed by atoms with Crippen molar-refractivity contribution in [3.8, 4) is 0 Å². The Morgan fingerprint density at radius 1 is 1.62 bits per heavy atom. The first-order valence-corrected chi connectivity index (χ1v) is 6.53. The fourth-order valence-electron chi connectivity index (χ4n) is 2.01. The molecule has 0 aliphatic carbocycles. The first kappa shape index (κ1) is 10.3. The quantitative estimate of drug-likeness (QED) is 0.882. The molecule has 0 radical (unpaired) electrons. The fraction of sp³-hybridized carbons (Fsp3) is 0.545. The van der Waals surface area contributed by atoms with Gasteiger partial charge in [-0.15, -0.1) is 11.3 Å². The molecule has 1 saturated heterocycles. The molecule has 1 fully saturated rings. The van der Waals surface area contributed by atoms with Crippen LogP contribution < -0.4 is 5.32 Å². The molecule has 2 aromatic rings. The summed E-state index contributed by atoms with van der Waals surface area (Å²) in [5, 5.41) is 5.38. The highest BCUT2D eigenvalue weighted by Crippen LogP contribution is 2.14. The van der Waals surface area contributed by atoms with Crippen LogP contribution in [0.5, 0.6) is 0 Å². The van der Waals surface area contributed by atoms with Gasteiger partial charge in [-0.25, -0.2) is 4.98 Å². The van der Waals surface area contributed by atoms with E-state index >= 15 is 0 Å². The highest BCUT2D eigenvalue weighted by atomic mass is 32.1. The van der Waals surface area contributed by atoms with Crippen LogP contribution in [0.4, 0.5) is 0 Å². The summed E-state index contributed by atoms with van der Waals surface area (Å²) in [5.74, 6) is 0. The van der Waals surface area contributed by atoms with Gasteiger partial charge in [0.25, 0.3) is 0 Å². The average molecular weight is 237 g/mol. The predicted octanol–water partition coefficient (Wildman–Crippen LogP) is 1.66. The molecule has 16 heavy (non-hydrogen) atoms. The fourth-order valence-corrected chi connectivity index (χ4v) is 2.73. The lowest BCUT2D eigenvalue weighted by Crippen LogP contribution is -2.35. The van der Waals surface area contributed by atoms with Crippen LogP contribution in [0.2, 0.25) is 0 Å². The lowest BCUT2D eigenvalue weighted by atomic mass is 10.1. The van der Waals surface area contributed by atoms with E-state index in [-0.39, 0.29) is 0 Å². The highest BCUT2D eigenvalue weighted by Gasteiger charge is 2.13. The van der Waals surface area contributed by atoms with Gasteiger partial charge in [0.15, 0.2) is 4.96 Å². The van der Waals surface area contributed by atoms with Crippen molar-refractivity contribution in [3.05, 3.63) is 23.5 Å². The Morgan fingerprint density at radius 2 is 2.62 bits per heavy atom. The number of thiazole rings is 1. The van der Waals surface area contributed by atoms with E-state index in [4.69, 9.17) is 4.74 Å². The Hall–Kier alpha value is -0.910.